The third-order valence-electron chi connectivity index (χ3n) is 2.88. The Labute approximate surface area is 119 Å². The number of aromatic amines is 1. The first-order valence-corrected chi connectivity index (χ1v) is 6.30. The van der Waals surface area contributed by atoms with Gasteiger partial charge >= 0.3 is 0 Å². The van der Waals surface area contributed by atoms with Crippen molar-refractivity contribution in [2.45, 2.75) is 0 Å². The van der Waals surface area contributed by atoms with Crippen molar-refractivity contribution < 1.29 is 4.79 Å². The normalized spacial score (nSPS) is 10.7. The maximum Gasteiger partial charge on any atom is 0.255 e. The molecule has 1 amide bonds. The number of nitrogens with two attached hydrogens (primary N) is 1. The fourth-order valence-corrected chi connectivity index (χ4v) is 2.21. The quantitative estimate of drug-likeness (QED) is 0.633. The highest BCUT2D eigenvalue weighted by Gasteiger charge is 2.08. The highest BCUT2D eigenvalue weighted by molar-refractivity contribution is 6.31. The lowest BCUT2D eigenvalue weighted by atomic mass is 10.1. The summed E-state index contributed by atoms with van der Waals surface area (Å²) in [5, 5.41) is 10.9. The number of aromatic nitrogens is 2. The van der Waals surface area contributed by atoms with E-state index < -0.39 is 0 Å². The summed E-state index contributed by atoms with van der Waals surface area (Å²) in [6.07, 6.45) is 1.70. The summed E-state index contributed by atoms with van der Waals surface area (Å²) < 4.78 is 0. The molecule has 3 aromatic rings. The summed E-state index contributed by atoms with van der Waals surface area (Å²) >= 11 is 5.89. The van der Waals surface area contributed by atoms with Crippen LogP contribution in [-0.2, 0) is 0 Å². The number of halogens is 1. The molecule has 0 atom stereocenters. The number of hydrogen-bond donors (Lipinski definition) is 3. The van der Waals surface area contributed by atoms with Crippen LogP contribution in [0.4, 0.5) is 11.4 Å². The predicted molar refractivity (Wildman–Crippen MR) is 79.9 cm³/mol. The van der Waals surface area contributed by atoms with Gasteiger partial charge in [0.1, 0.15) is 0 Å². The number of fused-ring (bicyclic) bond motifs is 1. The molecule has 0 bridgehead atoms. The van der Waals surface area contributed by atoms with E-state index in [4.69, 9.17) is 17.3 Å². The summed E-state index contributed by atoms with van der Waals surface area (Å²) in [6.45, 7) is 0. The number of benzene rings is 2. The highest BCUT2D eigenvalue weighted by atomic mass is 35.5. The van der Waals surface area contributed by atoms with E-state index in [1.165, 1.54) is 0 Å². The minimum atomic E-state index is -0.262. The molecule has 20 heavy (non-hydrogen) atoms. The van der Waals surface area contributed by atoms with Gasteiger partial charge in [0.2, 0.25) is 0 Å². The highest BCUT2D eigenvalue weighted by Crippen LogP contribution is 2.20. The van der Waals surface area contributed by atoms with Crippen LogP contribution in [0.25, 0.3) is 10.9 Å². The minimum absolute atomic E-state index is 0.262. The third-order valence-corrected chi connectivity index (χ3v) is 3.10. The summed E-state index contributed by atoms with van der Waals surface area (Å²) in [5.74, 6) is -0.262. The molecule has 0 saturated heterocycles. The van der Waals surface area contributed by atoms with E-state index in [-0.39, 0.29) is 5.91 Å². The van der Waals surface area contributed by atoms with Gasteiger partial charge in [-0.1, -0.05) is 11.6 Å². The number of anilines is 2. The molecule has 0 aliphatic carbocycles. The molecule has 2 aromatic carbocycles. The van der Waals surface area contributed by atoms with Crippen molar-refractivity contribution in [3.8, 4) is 0 Å². The molecule has 0 aliphatic rings. The van der Waals surface area contributed by atoms with Crippen LogP contribution in [-0.4, -0.2) is 16.1 Å². The maximum absolute atomic E-state index is 12.1. The Kier molecular flexibility index (Phi) is 3.04. The molecule has 4 N–H and O–H groups in total. The largest absolute Gasteiger partial charge is 0.399 e. The first-order valence-electron chi connectivity index (χ1n) is 5.92. The molecule has 0 aliphatic heterocycles. The molecule has 0 unspecified atom stereocenters. The lowest BCUT2D eigenvalue weighted by molar-refractivity contribution is 0.102. The zero-order valence-electron chi connectivity index (χ0n) is 10.4. The average Bonchev–Trinajstić information content (AvgIpc) is 2.85. The molecule has 5 nitrogen and oxygen atoms in total. The summed E-state index contributed by atoms with van der Waals surface area (Å²) in [5.41, 5.74) is 8.14. The first kappa shape index (κ1) is 12.5. The Morgan fingerprint density at radius 2 is 2.10 bits per heavy atom. The number of rotatable bonds is 2. The van der Waals surface area contributed by atoms with Crippen LogP contribution in [0.3, 0.4) is 0 Å². The Morgan fingerprint density at radius 3 is 2.90 bits per heavy atom. The van der Waals surface area contributed by atoms with Gasteiger partial charge in [-0.15, -0.1) is 0 Å². The molecule has 100 valence electrons. The van der Waals surface area contributed by atoms with Crippen LogP contribution in [0.15, 0.2) is 42.6 Å². The maximum atomic E-state index is 12.1. The standard InChI is InChI=1S/C14H11ClN4O/c15-10-3-8(4-11(16)6-10)14(20)18-12-1-2-13-9(5-12)7-17-19-13/h1-7H,16H2,(H,17,19)(H,18,20). The first-order chi connectivity index (χ1) is 9.61. The molecule has 3 rings (SSSR count). The number of amides is 1. The van der Waals surface area contributed by atoms with Gasteiger partial charge in [-0.25, -0.2) is 0 Å². The summed E-state index contributed by atoms with van der Waals surface area (Å²) in [7, 11) is 0. The van der Waals surface area contributed by atoms with Gasteiger partial charge in [0, 0.05) is 27.3 Å². The van der Waals surface area contributed by atoms with Crippen LogP contribution in [0, 0.1) is 0 Å². The zero-order chi connectivity index (χ0) is 14.1. The van der Waals surface area contributed by atoms with Gasteiger partial charge in [0.15, 0.2) is 0 Å². The van der Waals surface area contributed by atoms with Gasteiger partial charge < -0.3 is 11.1 Å². The van der Waals surface area contributed by atoms with Crippen LogP contribution in [0.1, 0.15) is 10.4 Å². The Morgan fingerprint density at radius 1 is 1.25 bits per heavy atom. The number of nitrogens with zero attached hydrogens (tertiary/aromatic N) is 1. The third kappa shape index (κ3) is 2.44. The molecule has 0 fully saturated rings. The van der Waals surface area contributed by atoms with Crippen LogP contribution in [0.2, 0.25) is 5.02 Å². The second-order valence-electron chi connectivity index (χ2n) is 4.40. The predicted octanol–water partition coefficient (Wildman–Crippen LogP) is 3.05. The fraction of sp³-hybridized carbons (Fsp3) is 0. The Hall–Kier alpha value is -2.53. The lowest BCUT2D eigenvalue weighted by Crippen LogP contribution is -2.12. The number of nitrogens with one attached hydrogen (secondary N) is 2. The molecule has 0 radical (unpaired) electrons. The second-order valence-corrected chi connectivity index (χ2v) is 4.84. The van der Waals surface area contributed by atoms with Crippen molar-refractivity contribution in [3.05, 3.63) is 53.2 Å². The molecule has 0 saturated carbocycles. The SMILES string of the molecule is Nc1cc(Cl)cc(C(=O)Nc2ccc3[nH]ncc3c2)c1. The van der Waals surface area contributed by atoms with Gasteiger partial charge in [-0.05, 0) is 36.4 Å². The summed E-state index contributed by atoms with van der Waals surface area (Å²) in [6, 6.07) is 10.2. The topological polar surface area (TPSA) is 83.8 Å². The molecular weight excluding hydrogens is 276 g/mol. The van der Waals surface area contributed by atoms with Crippen molar-refractivity contribution in [1.82, 2.24) is 10.2 Å². The van der Waals surface area contributed by atoms with Gasteiger partial charge in [-0.2, -0.15) is 5.10 Å². The number of carbonyl (C=O) groups is 1. The monoisotopic (exact) mass is 286 g/mol. The summed E-state index contributed by atoms with van der Waals surface area (Å²) in [4.78, 5) is 12.1. The number of carbonyl (C=O) groups excluding carboxylic acids is 1. The van der Waals surface area contributed by atoms with E-state index in [1.807, 2.05) is 12.1 Å². The molecule has 6 heteroatoms. The van der Waals surface area contributed by atoms with Crippen molar-refractivity contribution in [1.29, 1.82) is 0 Å². The van der Waals surface area contributed by atoms with Crippen molar-refractivity contribution in [2.75, 3.05) is 11.1 Å². The van der Waals surface area contributed by atoms with Crippen molar-refractivity contribution >= 4 is 39.8 Å². The van der Waals surface area contributed by atoms with Crippen molar-refractivity contribution in [3.63, 3.8) is 0 Å². The van der Waals surface area contributed by atoms with Crippen molar-refractivity contribution in [2.24, 2.45) is 0 Å². The number of hydrogen-bond acceptors (Lipinski definition) is 3. The average molecular weight is 287 g/mol. The van der Waals surface area contributed by atoms with Crippen LogP contribution in [0.5, 0.6) is 0 Å². The number of nitrogen functional groups attached to an aromatic ring is 1. The molecule has 1 heterocycles. The second kappa shape index (κ2) is 4.86. The van der Waals surface area contributed by atoms with Gasteiger partial charge in [-0.3, -0.25) is 9.89 Å². The van der Waals surface area contributed by atoms with Crippen LogP contribution >= 0.6 is 11.6 Å². The smallest absolute Gasteiger partial charge is 0.255 e. The molecule has 1 aromatic heterocycles. The Bertz CT molecular complexity index is 776. The van der Waals surface area contributed by atoms with E-state index in [0.29, 0.717) is 22.0 Å². The molecule has 0 spiro atoms. The van der Waals surface area contributed by atoms with E-state index in [0.717, 1.165) is 10.9 Å². The Balaban J connectivity index is 1.87. The fourth-order valence-electron chi connectivity index (χ4n) is 1.97. The minimum Gasteiger partial charge on any atom is -0.399 e. The lowest BCUT2D eigenvalue weighted by Gasteiger charge is -2.06. The van der Waals surface area contributed by atoms with Crippen LogP contribution < -0.4 is 11.1 Å². The zero-order valence-corrected chi connectivity index (χ0v) is 11.1. The van der Waals surface area contributed by atoms with E-state index in [2.05, 4.69) is 15.5 Å². The van der Waals surface area contributed by atoms with Gasteiger partial charge in [0.25, 0.3) is 5.91 Å². The molecular formula is C14H11ClN4O. The number of H-pyrrole nitrogens is 1. The van der Waals surface area contributed by atoms with E-state index in [9.17, 15) is 4.79 Å². The van der Waals surface area contributed by atoms with E-state index in [1.54, 1.807) is 30.5 Å². The van der Waals surface area contributed by atoms with Gasteiger partial charge in [0.05, 0.1) is 11.7 Å². The van der Waals surface area contributed by atoms with E-state index >= 15 is 0 Å².